The fourth-order valence-electron chi connectivity index (χ4n) is 1.92. The summed E-state index contributed by atoms with van der Waals surface area (Å²) in [6.45, 7) is 5.80. The van der Waals surface area contributed by atoms with E-state index in [1.165, 1.54) is 6.07 Å². The third kappa shape index (κ3) is 4.62. The zero-order valence-corrected chi connectivity index (χ0v) is 13.0. The van der Waals surface area contributed by atoms with Crippen molar-refractivity contribution >= 4 is 6.09 Å². The first kappa shape index (κ1) is 16.1. The minimum absolute atomic E-state index is 0.324. The number of hydrogen-bond donors (Lipinski definition) is 1. The summed E-state index contributed by atoms with van der Waals surface area (Å²) in [5.41, 5.74) is -0.0962. The van der Waals surface area contributed by atoms with Crippen molar-refractivity contribution in [2.45, 2.75) is 32.8 Å². The van der Waals surface area contributed by atoms with E-state index in [9.17, 15) is 9.18 Å². The molecule has 0 fully saturated rings. The van der Waals surface area contributed by atoms with Crippen LogP contribution in [0.15, 0.2) is 40.8 Å². The maximum Gasteiger partial charge on any atom is 0.407 e. The van der Waals surface area contributed by atoms with Crippen molar-refractivity contribution in [3.63, 3.8) is 0 Å². The summed E-state index contributed by atoms with van der Waals surface area (Å²) in [7, 11) is 0. The molecule has 1 N–H and O–H groups in total. The average molecular weight is 305 g/mol. The molecule has 1 heterocycles. The molecule has 5 heteroatoms. The smallest absolute Gasteiger partial charge is 0.407 e. The lowest BCUT2D eigenvalue weighted by Crippen LogP contribution is -2.33. The zero-order valence-electron chi connectivity index (χ0n) is 13.0. The lowest BCUT2D eigenvalue weighted by atomic mass is 10.1. The fraction of sp³-hybridized carbons (Fsp3) is 0.353. The first-order valence-electron chi connectivity index (χ1n) is 7.15. The number of rotatable bonds is 4. The van der Waals surface area contributed by atoms with Gasteiger partial charge in [0.2, 0.25) is 0 Å². The molecule has 2 rings (SSSR count). The molecule has 0 saturated heterocycles. The molecule has 0 aliphatic heterocycles. The normalized spacial score (nSPS) is 11.3. The van der Waals surface area contributed by atoms with Gasteiger partial charge in [0, 0.05) is 13.0 Å². The second kappa shape index (κ2) is 6.64. The summed E-state index contributed by atoms with van der Waals surface area (Å²) in [6.07, 6.45) is 0.0432. The molecule has 0 spiro atoms. The summed E-state index contributed by atoms with van der Waals surface area (Å²) in [6, 6.07) is 9.94. The van der Waals surface area contributed by atoms with Crippen LogP contribution < -0.4 is 5.32 Å². The Balaban J connectivity index is 1.88. The Morgan fingerprint density at radius 2 is 1.95 bits per heavy atom. The van der Waals surface area contributed by atoms with Crippen molar-refractivity contribution in [1.29, 1.82) is 0 Å². The van der Waals surface area contributed by atoms with Crippen LogP contribution >= 0.6 is 0 Å². The molecule has 1 aromatic carbocycles. The van der Waals surface area contributed by atoms with Crippen molar-refractivity contribution in [2.24, 2.45) is 0 Å². The second-order valence-corrected chi connectivity index (χ2v) is 5.92. The standard InChI is InChI=1S/C17H20FNO3/c1-17(2,3)22-16(20)19-11-10-12-8-9-15(21-12)13-6-4-5-7-14(13)18/h4-9H,10-11H2,1-3H3,(H,19,20). The number of alkyl carbamates (subject to hydrolysis) is 1. The Morgan fingerprint density at radius 3 is 2.64 bits per heavy atom. The zero-order chi connectivity index (χ0) is 16.2. The number of hydrogen-bond acceptors (Lipinski definition) is 3. The van der Waals surface area contributed by atoms with Gasteiger partial charge < -0.3 is 14.5 Å². The van der Waals surface area contributed by atoms with E-state index < -0.39 is 11.7 Å². The van der Waals surface area contributed by atoms with Crippen molar-refractivity contribution in [2.75, 3.05) is 6.54 Å². The number of ether oxygens (including phenoxy) is 1. The largest absolute Gasteiger partial charge is 0.461 e. The average Bonchev–Trinajstić information content (AvgIpc) is 2.85. The summed E-state index contributed by atoms with van der Waals surface area (Å²) < 4.78 is 24.4. The predicted octanol–water partition coefficient (Wildman–Crippen LogP) is 4.15. The number of carbonyl (C=O) groups excluding carboxylic acids is 1. The Labute approximate surface area is 129 Å². The van der Waals surface area contributed by atoms with Gasteiger partial charge in [0.1, 0.15) is 22.9 Å². The molecule has 118 valence electrons. The Kier molecular flexibility index (Phi) is 4.85. The first-order chi connectivity index (χ1) is 10.3. The molecule has 1 aromatic heterocycles. The maximum atomic E-state index is 13.7. The Morgan fingerprint density at radius 1 is 1.23 bits per heavy atom. The summed E-state index contributed by atoms with van der Waals surface area (Å²) in [5, 5.41) is 2.65. The fourth-order valence-corrected chi connectivity index (χ4v) is 1.92. The van der Waals surface area contributed by atoms with Crippen LogP contribution in [0, 0.1) is 5.82 Å². The minimum Gasteiger partial charge on any atom is -0.461 e. The van der Waals surface area contributed by atoms with Crippen LogP contribution in [-0.2, 0) is 11.2 Å². The molecule has 0 aliphatic rings. The van der Waals surface area contributed by atoms with Crippen LogP contribution in [0.4, 0.5) is 9.18 Å². The number of benzene rings is 1. The number of halogens is 1. The monoisotopic (exact) mass is 305 g/mol. The molecule has 4 nitrogen and oxygen atoms in total. The van der Waals surface area contributed by atoms with E-state index in [0.29, 0.717) is 30.0 Å². The van der Waals surface area contributed by atoms with Crippen molar-refractivity contribution in [3.05, 3.63) is 48.0 Å². The van der Waals surface area contributed by atoms with Gasteiger partial charge in [0.05, 0.1) is 5.56 Å². The molecular formula is C17H20FNO3. The van der Waals surface area contributed by atoms with E-state index in [4.69, 9.17) is 9.15 Å². The lowest BCUT2D eigenvalue weighted by molar-refractivity contribution is 0.0528. The van der Waals surface area contributed by atoms with E-state index in [1.807, 2.05) is 0 Å². The third-order valence-corrected chi connectivity index (χ3v) is 2.84. The van der Waals surface area contributed by atoms with Gasteiger partial charge in [0.15, 0.2) is 0 Å². The van der Waals surface area contributed by atoms with Gasteiger partial charge in [-0.1, -0.05) is 12.1 Å². The van der Waals surface area contributed by atoms with Gasteiger partial charge in [0.25, 0.3) is 0 Å². The van der Waals surface area contributed by atoms with Gasteiger partial charge in [-0.25, -0.2) is 9.18 Å². The van der Waals surface area contributed by atoms with Crippen LogP contribution in [-0.4, -0.2) is 18.2 Å². The first-order valence-corrected chi connectivity index (χ1v) is 7.15. The Bertz CT molecular complexity index is 643. The van der Waals surface area contributed by atoms with Crippen LogP contribution in [0.3, 0.4) is 0 Å². The van der Waals surface area contributed by atoms with Gasteiger partial charge in [-0.2, -0.15) is 0 Å². The highest BCUT2D eigenvalue weighted by Crippen LogP contribution is 2.24. The van der Waals surface area contributed by atoms with E-state index in [2.05, 4.69) is 5.32 Å². The van der Waals surface area contributed by atoms with E-state index >= 15 is 0 Å². The van der Waals surface area contributed by atoms with E-state index in [-0.39, 0.29) is 5.82 Å². The Hall–Kier alpha value is -2.30. The van der Waals surface area contributed by atoms with Crippen LogP contribution in [0.5, 0.6) is 0 Å². The maximum absolute atomic E-state index is 13.7. The quantitative estimate of drug-likeness (QED) is 0.923. The van der Waals surface area contributed by atoms with E-state index in [0.717, 1.165) is 0 Å². The molecule has 0 atom stereocenters. The highest BCUT2D eigenvalue weighted by atomic mass is 19.1. The predicted molar refractivity (Wildman–Crippen MR) is 82.0 cm³/mol. The molecule has 0 unspecified atom stereocenters. The molecule has 1 amide bonds. The van der Waals surface area contributed by atoms with Gasteiger partial charge >= 0.3 is 6.09 Å². The van der Waals surface area contributed by atoms with Crippen LogP contribution in [0.2, 0.25) is 0 Å². The second-order valence-electron chi connectivity index (χ2n) is 5.92. The SMILES string of the molecule is CC(C)(C)OC(=O)NCCc1ccc(-c2ccccc2F)o1. The highest BCUT2D eigenvalue weighted by Gasteiger charge is 2.15. The number of nitrogens with one attached hydrogen (secondary N) is 1. The van der Waals surface area contributed by atoms with Gasteiger partial charge in [-0.05, 0) is 45.0 Å². The third-order valence-electron chi connectivity index (χ3n) is 2.84. The topological polar surface area (TPSA) is 51.5 Å². The lowest BCUT2D eigenvalue weighted by Gasteiger charge is -2.19. The molecule has 22 heavy (non-hydrogen) atoms. The number of amides is 1. The van der Waals surface area contributed by atoms with Crippen molar-refractivity contribution in [3.8, 4) is 11.3 Å². The van der Waals surface area contributed by atoms with Crippen LogP contribution in [0.1, 0.15) is 26.5 Å². The molecule has 0 saturated carbocycles. The van der Waals surface area contributed by atoms with E-state index in [1.54, 1.807) is 51.1 Å². The molecule has 2 aromatic rings. The summed E-state index contributed by atoms with van der Waals surface area (Å²) in [4.78, 5) is 11.5. The van der Waals surface area contributed by atoms with Crippen molar-refractivity contribution < 1.29 is 18.3 Å². The summed E-state index contributed by atoms with van der Waals surface area (Å²) in [5.74, 6) is 0.829. The molecule has 0 radical (unpaired) electrons. The molecular weight excluding hydrogens is 285 g/mol. The number of carbonyl (C=O) groups is 1. The number of furan rings is 1. The van der Waals surface area contributed by atoms with Gasteiger partial charge in [-0.15, -0.1) is 0 Å². The highest BCUT2D eigenvalue weighted by molar-refractivity contribution is 5.67. The van der Waals surface area contributed by atoms with Crippen LogP contribution in [0.25, 0.3) is 11.3 Å². The minimum atomic E-state index is -0.521. The van der Waals surface area contributed by atoms with Gasteiger partial charge in [-0.3, -0.25) is 0 Å². The van der Waals surface area contributed by atoms with Crippen molar-refractivity contribution in [1.82, 2.24) is 5.32 Å². The molecule has 0 bridgehead atoms. The molecule has 0 aliphatic carbocycles. The summed E-state index contributed by atoms with van der Waals surface area (Å²) >= 11 is 0.